The summed E-state index contributed by atoms with van der Waals surface area (Å²) in [5, 5.41) is 3.06. The van der Waals surface area contributed by atoms with Gasteiger partial charge in [0, 0.05) is 19.0 Å². The lowest BCUT2D eigenvalue weighted by atomic mass is 9.88. The predicted octanol–water partition coefficient (Wildman–Crippen LogP) is 2.18. The van der Waals surface area contributed by atoms with Crippen LogP contribution in [0.4, 0.5) is 13.2 Å². The Morgan fingerprint density at radius 3 is 2.42 bits per heavy atom. The van der Waals surface area contributed by atoms with Crippen LogP contribution < -0.4 is 5.32 Å². The van der Waals surface area contributed by atoms with Crippen LogP contribution in [0.5, 0.6) is 0 Å². The van der Waals surface area contributed by atoms with E-state index >= 15 is 0 Å². The van der Waals surface area contributed by atoms with E-state index in [1.807, 2.05) is 0 Å². The number of carbonyl (C=O) groups is 1. The maximum Gasteiger partial charge on any atom is 0.416 e. The van der Waals surface area contributed by atoms with Crippen molar-refractivity contribution < 1.29 is 22.7 Å². The van der Waals surface area contributed by atoms with Gasteiger partial charge in [-0.2, -0.15) is 13.2 Å². The molecule has 0 bridgehead atoms. The van der Waals surface area contributed by atoms with E-state index in [0.29, 0.717) is 18.7 Å². The van der Waals surface area contributed by atoms with Gasteiger partial charge in [-0.1, -0.05) is 12.1 Å². The number of hydrogen-bond donors (Lipinski definition) is 1. The van der Waals surface area contributed by atoms with E-state index in [2.05, 4.69) is 5.32 Å². The summed E-state index contributed by atoms with van der Waals surface area (Å²) < 4.78 is 42.1. The number of methoxy groups -OCH3 is 1. The first-order chi connectivity index (χ1) is 8.93. The van der Waals surface area contributed by atoms with Gasteiger partial charge >= 0.3 is 12.1 Å². The highest BCUT2D eigenvalue weighted by molar-refractivity contribution is 5.74. The van der Waals surface area contributed by atoms with Gasteiger partial charge in [0.1, 0.15) is 0 Å². The minimum Gasteiger partial charge on any atom is -0.469 e. The third-order valence-corrected chi connectivity index (χ3v) is 3.38. The molecular formula is C13H14F3NO2. The van der Waals surface area contributed by atoms with Crippen LogP contribution in [-0.2, 0) is 15.7 Å². The van der Waals surface area contributed by atoms with Crippen molar-refractivity contribution in [3.8, 4) is 0 Å². The molecule has 1 fully saturated rings. The molecule has 1 saturated heterocycles. The zero-order valence-electron chi connectivity index (χ0n) is 10.3. The molecular weight excluding hydrogens is 259 g/mol. The summed E-state index contributed by atoms with van der Waals surface area (Å²) >= 11 is 0. The number of halogens is 3. The van der Waals surface area contributed by atoms with Crippen molar-refractivity contribution in [2.24, 2.45) is 5.92 Å². The molecule has 1 aliphatic rings. The Balaban J connectivity index is 2.20. The second kappa shape index (κ2) is 5.21. The molecule has 1 aliphatic heterocycles. The van der Waals surface area contributed by atoms with Gasteiger partial charge < -0.3 is 10.1 Å². The number of benzene rings is 1. The van der Waals surface area contributed by atoms with Gasteiger partial charge in [-0.05, 0) is 17.7 Å². The van der Waals surface area contributed by atoms with Gasteiger partial charge in [0.05, 0.1) is 18.6 Å². The molecule has 3 nitrogen and oxygen atoms in total. The lowest BCUT2D eigenvalue weighted by Gasteiger charge is -2.17. The van der Waals surface area contributed by atoms with Crippen LogP contribution in [0.15, 0.2) is 24.3 Å². The highest BCUT2D eigenvalue weighted by atomic mass is 19.4. The maximum atomic E-state index is 12.5. The van der Waals surface area contributed by atoms with Gasteiger partial charge in [0.2, 0.25) is 0 Å². The van der Waals surface area contributed by atoms with E-state index in [-0.39, 0.29) is 17.8 Å². The Morgan fingerprint density at radius 2 is 1.89 bits per heavy atom. The van der Waals surface area contributed by atoms with E-state index < -0.39 is 11.7 Å². The summed E-state index contributed by atoms with van der Waals surface area (Å²) in [4.78, 5) is 11.6. The Kier molecular flexibility index (Phi) is 3.80. The average Bonchev–Trinajstić information content (AvgIpc) is 2.86. The number of carbonyl (C=O) groups excluding carboxylic acids is 1. The molecule has 0 amide bonds. The van der Waals surface area contributed by atoms with Gasteiger partial charge in [0.15, 0.2) is 0 Å². The third-order valence-electron chi connectivity index (χ3n) is 3.38. The molecule has 0 aromatic heterocycles. The third kappa shape index (κ3) is 2.89. The van der Waals surface area contributed by atoms with Crippen LogP contribution in [-0.4, -0.2) is 26.2 Å². The first-order valence-electron chi connectivity index (χ1n) is 5.89. The van der Waals surface area contributed by atoms with Crippen molar-refractivity contribution in [3.63, 3.8) is 0 Å². The number of nitrogens with one attached hydrogen (secondary N) is 1. The van der Waals surface area contributed by atoms with Crippen molar-refractivity contribution in [1.29, 1.82) is 0 Å². The zero-order chi connectivity index (χ0) is 14.0. The molecule has 1 aromatic rings. The first kappa shape index (κ1) is 13.9. The van der Waals surface area contributed by atoms with Crippen LogP contribution in [0.1, 0.15) is 17.0 Å². The van der Waals surface area contributed by atoms with Gasteiger partial charge in [-0.25, -0.2) is 0 Å². The molecule has 0 saturated carbocycles. The minimum absolute atomic E-state index is 0.144. The summed E-state index contributed by atoms with van der Waals surface area (Å²) in [5.41, 5.74) is 0.0326. The number of rotatable bonds is 2. The van der Waals surface area contributed by atoms with E-state index in [1.54, 1.807) is 0 Å². The van der Waals surface area contributed by atoms with Crippen LogP contribution >= 0.6 is 0 Å². The normalized spacial score (nSPS) is 23.4. The lowest BCUT2D eigenvalue weighted by Crippen LogP contribution is -2.23. The average molecular weight is 273 g/mol. The molecule has 6 heteroatoms. The minimum atomic E-state index is -4.34. The largest absolute Gasteiger partial charge is 0.469 e. The topological polar surface area (TPSA) is 38.3 Å². The van der Waals surface area contributed by atoms with E-state index in [4.69, 9.17) is 4.74 Å². The molecule has 1 N–H and O–H groups in total. The Morgan fingerprint density at radius 1 is 1.26 bits per heavy atom. The Hall–Kier alpha value is -1.56. The van der Waals surface area contributed by atoms with E-state index in [0.717, 1.165) is 12.1 Å². The van der Waals surface area contributed by atoms with E-state index in [1.165, 1.54) is 19.2 Å². The maximum absolute atomic E-state index is 12.5. The van der Waals surface area contributed by atoms with Crippen molar-refractivity contribution in [2.45, 2.75) is 12.1 Å². The van der Waals surface area contributed by atoms with Crippen molar-refractivity contribution >= 4 is 5.97 Å². The van der Waals surface area contributed by atoms with Crippen molar-refractivity contribution in [3.05, 3.63) is 35.4 Å². The van der Waals surface area contributed by atoms with Crippen LogP contribution in [0, 0.1) is 5.92 Å². The summed E-state index contributed by atoms with van der Waals surface area (Å²) in [6.45, 7) is 1.05. The van der Waals surface area contributed by atoms with Crippen molar-refractivity contribution in [2.75, 3.05) is 20.2 Å². The van der Waals surface area contributed by atoms with Gasteiger partial charge in [-0.3, -0.25) is 4.79 Å². The number of hydrogen-bond acceptors (Lipinski definition) is 3. The fraction of sp³-hybridized carbons (Fsp3) is 0.462. The van der Waals surface area contributed by atoms with Gasteiger partial charge in [-0.15, -0.1) is 0 Å². The lowest BCUT2D eigenvalue weighted by molar-refractivity contribution is -0.145. The second-order valence-electron chi connectivity index (χ2n) is 4.51. The Bertz CT molecular complexity index is 456. The summed E-state index contributed by atoms with van der Waals surface area (Å²) in [7, 11) is 1.31. The molecule has 0 spiro atoms. The Labute approximate surface area is 108 Å². The molecule has 2 atom stereocenters. The molecule has 1 heterocycles. The summed E-state index contributed by atoms with van der Waals surface area (Å²) in [6, 6.07) is 4.94. The fourth-order valence-corrected chi connectivity index (χ4v) is 2.35. The molecule has 0 unspecified atom stereocenters. The van der Waals surface area contributed by atoms with E-state index in [9.17, 15) is 18.0 Å². The van der Waals surface area contributed by atoms with Crippen molar-refractivity contribution in [1.82, 2.24) is 5.32 Å². The number of esters is 1. The fourth-order valence-electron chi connectivity index (χ4n) is 2.35. The monoisotopic (exact) mass is 273 g/mol. The molecule has 19 heavy (non-hydrogen) atoms. The van der Waals surface area contributed by atoms with Gasteiger partial charge in [0.25, 0.3) is 0 Å². The smallest absolute Gasteiger partial charge is 0.416 e. The summed E-state index contributed by atoms with van der Waals surface area (Å²) in [5.74, 6) is -0.827. The second-order valence-corrected chi connectivity index (χ2v) is 4.51. The molecule has 2 rings (SSSR count). The van der Waals surface area contributed by atoms with Crippen LogP contribution in [0.25, 0.3) is 0 Å². The molecule has 1 aromatic carbocycles. The van der Waals surface area contributed by atoms with Crippen LogP contribution in [0.3, 0.4) is 0 Å². The number of alkyl halides is 3. The predicted molar refractivity (Wildman–Crippen MR) is 62.6 cm³/mol. The highest BCUT2D eigenvalue weighted by Gasteiger charge is 2.35. The first-order valence-corrected chi connectivity index (χ1v) is 5.89. The SMILES string of the molecule is COC(=O)[C@@H]1CNC[C@@H]1c1ccc(C(F)(F)F)cc1. The molecule has 0 radical (unpaired) electrons. The molecule has 104 valence electrons. The highest BCUT2D eigenvalue weighted by Crippen LogP contribution is 2.33. The summed E-state index contributed by atoms with van der Waals surface area (Å²) in [6.07, 6.45) is -4.34. The standard InChI is InChI=1S/C13H14F3NO2/c1-19-12(18)11-7-17-6-10(11)8-2-4-9(5-3-8)13(14,15)16/h2-5,10-11,17H,6-7H2,1H3/t10-,11-/m1/s1. The molecule has 0 aliphatic carbocycles. The quantitative estimate of drug-likeness (QED) is 0.839. The van der Waals surface area contributed by atoms with Crippen LogP contribution in [0.2, 0.25) is 0 Å². The number of ether oxygens (including phenoxy) is 1. The zero-order valence-corrected chi connectivity index (χ0v) is 10.3.